The molecule has 1 saturated heterocycles. The summed E-state index contributed by atoms with van der Waals surface area (Å²) in [5.41, 5.74) is 0.702. The molecule has 1 aliphatic heterocycles. The van der Waals surface area contributed by atoms with Gasteiger partial charge in [0.1, 0.15) is 9.73 Å². The van der Waals surface area contributed by atoms with Gasteiger partial charge in [-0.15, -0.1) is 11.3 Å². The number of thiazole rings is 1. The number of piperidine rings is 1. The van der Waals surface area contributed by atoms with Crippen LogP contribution in [0.25, 0.3) is 10.2 Å². The number of carbonyl (C=O) groups is 1. The van der Waals surface area contributed by atoms with Crippen LogP contribution in [0.1, 0.15) is 12.8 Å². The van der Waals surface area contributed by atoms with Gasteiger partial charge in [-0.2, -0.15) is 4.31 Å². The van der Waals surface area contributed by atoms with E-state index in [4.69, 9.17) is 11.6 Å². The minimum absolute atomic E-state index is 0.00444. The van der Waals surface area contributed by atoms with E-state index >= 15 is 0 Å². The molecule has 0 spiro atoms. The molecule has 32 heavy (non-hydrogen) atoms. The molecule has 0 aliphatic carbocycles. The first-order chi connectivity index (χ1) is 15.3. The van der Waals surface area contributed by atoms with Gasteiger partial charge >= 0.3 is 0 Å². The molecule has 1 fully saturated rings. The molecule has 7 nitrogen and oxygen atoms in total. The minimum atomic E-state index is -3.49. The van der Waals surface area contributed by atoms with Crippen molar-refractivity contribution in [2.24, 2.45) is 5.92 Å². The van der Waals surface area contributed by atoms with Crippen molar-refractivity contribution >= 4 is 65.6 Å². The maximum atomic E-state index is 13.5. The average molecular weight is 513 g/mol. The third-order valence-corrected chi connectivity index (χ3v) is 10.1. The Morgan fingerprint density at radius 1 is 1.19 bits per heavy atom. The zero-order valence-corrected chi connectivity index (χ0v) is 21.1. The maximum Gasteiger partial charge on any atom is 0.252 e. The van der Waals surface area contributed by atoms with E-state index in [1.54, 1.807) is 28.5 Å². The lowest BCUT2D eigenvalue weighted by Gasteiger charge is -2.33. The molecule has 3 aromatic rings. The number of halogens is 1. The number of hydrogen-bond acceptors (Lipinski definition) is 7. The Balaban J connectivity index is 1.52. The molecule has 4 rings (SSSR count). The van der Waals surface area contributed by atoms with Crippen molar-refractivity contribution < 1.29 is 13.2 Å². The molecule has 0 saturated carbocycles. The van der Waals surface area contributed by atoms with E-state index in [2.05, 4.69) is 4.98 Å². The van der Waals surface area contributed by atoms with Crippen LogP contribution in [0, 0.1) is 5.92 Å². The SMILES string of the molecule is CN(C)CCN(C(=O)C1CCN(S(=O)(=O)c2cccs2)CC1)c1nc2c(Cl)cccc2s1. The summed E-state index contributed by atoms with van der Waals surface area (Å²) in [6.07, 6.45) is 0.987. The number of carbonyl (C=O) groups excluding carboxylic acids is 1. The van der Waals surface area contributed by atoms with Crippen LogP contribution in [-0.2, 0) is 14.8 Å². The number of benzene rings is 1. The molecule has 1 amide bonds. The van der Waals surface area contributed by atoms with Crippen molar-refractivity contribution in [2.75, 3.05) is 45.2 Å². The monoisotopic (exact) mass is 512 g/mol. The number of anilines is 1. The van der Waals surface area contributed by atoms with Crippen LogP contribution in [0.3, 0.4) is 0 Å². The van der Waals surface area contributed by atoms with E-state index in [1.807, 2.05) is 31.1 Å². The predicted octanol–water partition coefficient (Wildman–Crippen LogP) is 4.01. The molecule has 0 radical (unpaired) electrons. The summed E-state index contributed by atoms with van der Waals surface area (Å²) in [7, 11) is 0.440. The molecule has 0 N–H and O–H groups in total. The number of hydrogen-bond donors (Lipinski definition) is 0. The van der Waals surface area contributed by atoms with Gasteiger partial charge in [-0.3, -0.25) is 9.69 Å². The standard InChI is InChI=1S/C21H25ClN4O3S3/c1-24(2)12-13-26(21-23-19-16(22)5-3-6-17(19)31-21)20(27)15-8-10-25(11-9-15)32(28,29)18-7-4-14-30-18/h3-7,14-15H,8-13H2,1-2H3. The first kappa shape index (κ1) is 23.6. The molecule has 172 valence electrons. The third kappa shape index (κ3) is 4.85. The second-order valence-electron chi connectivity index (χ2n) is 7.99. The van der Waals surface area contributed by atoms with E-state index in [0.29, 0.717) is 58.9 Å². The smallest absolute Gasteiger partial charge is 0.252 e. The second-order valence-corrected chi connectivity index (χ2v) is 12.5. The van der Waals surface area contributed by atoms with Crippen molar-refractivity contribution in [1.29, 1.82) is 0 Å². The number of amides is 1. The largest absolute Gasteiger partial charge is 0.308 e. The van der Waals surface area contributed by atoms with Gasteiger partial charge in [-0.25, -0.2) is 13.4 Å². The summed E-state index contributed by atoms with van der Waals surface area (Å²) in [6.45, 7) is 1.88. The lowest BCUT2D eigenvalue weighted by Crippen LogP contribution is -2.45. The Kier molecular flexibility index (Phi) is 7.18. The van der Waals surface area contributed by atoms with Gasteiger partial charge in [0, 0.05) is 32.1 Å². The van der Waals surface area contributed by atoms with Crippen LogP contribution >= 0.6 is 34.3 Å². The highest BCUT2D eigenvalue weighted by molar-refractivity contribution is 7.91. The van der Waals surface area contributed by atoms with Crippen LogP contribution in [0.4, 0.5) is 5.13 Å². The summed E-state index contributed by atoms with van der Waals surface area (Å²) in [5, 5.41) is 2.96. The molecule has 11 heteroatoms. The number of likely N-dealkylation sites (N-methyl/N-ethyl adjacent to an activating group) is 1. The van der Waals surface area contributed by atoms with Crippen molar-refractivity contribution in [3.05, 3.63) is 40.7 Å². The molecule has 3 heterocycles. The van der Waals surface area contributed by atoms with Gasteiger partial charge in [-0.05, 0) is 50.5 Å². The normalized spacial score (nSPS) is 16.1. The van der Waals surface area contributed by atoms with Crippen molar-refractivity contribution in [1.82, 2.24) is 14.2 Å². The fourth-order valence-electron chi connectivity index (χ4n) is 3.72. The van der Waals surface area contributed by atoms with Crippen molar-refractivity contribution in [2.45, 2.75) is 17.1 Å². The summed E-state index contributed by atoms with van der Waals surface area (Å²) in [4.78, 5) is 22.0. The van der Waals surface area contributed by atoms with Crippen molar-refractivity contribution in [3.63, 3.8) is 0 Å². The molecular weight excluding hydrogens is 488 g/mol. The zero-order valence-electron chi connectivity index (χ0n) is 17.9. The number of thiophene rings is 1. The Hall–Kier alpha value is -1.56. The van der Waals surface area contributed by atoms with Crippen LogP contribution < -0.4 is 4.90 Å². The summed E-state index contributed by atoms with van der Waals surface area (Å²) < 4.78 is 28.4. The number of fused-ring (bicyclic) bond motifs is 1. The van der Waals surface area contributed by atoms with Crippen LogP contribution in [0.5, 0.6) is 0 Å². The highest BCUT2D eigenvalue weighted by atomic mass is 35.5. The van der Waals surface area contributed by atoms with Gasteiger partial charge in [0.25, 0.3) is 10.0 Å². The molecule has 2 aromatic heterocycles. The van der Waals surface area contributed by atoms with E-state index in [9.17, 15) is 13.2 Å². The van der Waals surface area contributed by atoms with E-state index in [-0.39, 0.29) is 11.8 Å². The van der Waals surface area contributed by atoms with Gasteiger partial charge in [-0.1, -0.05) is 35.1 Å². The van der Waals surface area contributed by atoms with Crippen LogP contribution in [-0.4, -0.2) is 68.8 Å². The number of rotatable bonds is 7. The highest BCUT2D eigenvalue weighted by Crippen LogP contribution is 2.34. The molecule has 0 unspecified atom stereocenters. The Morgan fingerprint density at radius 3 is 2.56 bits per heavy atom. The fourth-order valence-corrected chi connectivity index (χ4v) is 7.63. The number of sulfonamides is 1. The Bertz CT molecular complexity index is 1190. The third-order valence-electron chi connectivity index (χ3n) is 5.52. The van der Waals surface area contributed by atoms with Crippen LogP contribution in [0.2, 0.25) is 5.02 Å². The van der Waals surface area contributed by atoms with Gasteiger partial charge in [0.2, 0.25) is 5.91 Å². The molecular formula is C21H25ClN4O3S3. The Labute approximate surface area is 201 Å². The van der Waals surface area contributed by atoms with Crippen molar-refractivity contribution in [3.8, 4) is 0 Å². The highest BCUT2D eigenvalue weighted by Gasteiger charge is 2.35. The lowest BCUT2D eigenvalue weighted by molar-refractivity contribution is -0.123. The number of nitrogens with zero attached hydrogens (tertiary/aromatic N) is 4. The predicted molar refractivity (Wildman–Crippen MR) is 131 cm³/mol. The summed E-state index contributed by atoms with van der Waals surface area (Å²) in [5.74, 6) is -0.246. The summed E-state index contributed by atoms with van der Waals surface area (Å²) in [6, 6.07) is 8.98. The molecule has 0 atom stereocenters. The Morgan fingerprint density at radius 2 is 1.94 bits per heavy atom. The topological polar surface area (TPSA) is 73.8 Å². The van der Waals surface area contributed by atoms with Gasteiger partial charge in [0.15, 0.2) is 5.13 Å². The first-order valence-electron chi connectivity index (χ1n) is 10.3. The fraction of sp³-hybridized carbons (Fsp3) is 0.429. The number of para-hydroxylation sites is 1. The number of aromatic nitrogens is 1. The first-order valence-corrected chi connectivity index (χ1v) is 13.8. The molecule has 0 bridgehead atoms. The van der Waals surface area contributed by atoms with E-state index in [0.717, 1.165) is 4.70 Å². The minimum Gasteiger partial charge on any atom is -0.308 e. The molecule has 1 aliphatic rings. The average Bonchev–Trinajstić information content (AvgIpc) is 3.45. The van der Waals surface area contributed by atoms with Gasteiger partial charge in [0.05, 0.1) is 9.72 Å². The quantitative estimate of drug-likeness (QED) is 0.478. The lowest BCUT2D eigenvalue weighted by atomic mass is 9.96. The van der Waals surface area contributed by atoms with E-state index in [1.165, 1.54) is 27.0 Å². The van der Waals surface area contributed by atoms with E-state index < -0.39 is 10.0 Å². The zero-order chi connectivity index (χ0) is 22.9. The maximum absolute atomic E-state index is 13.5. The summed E-state index contributed by atoms with van der Waals surface area (Å²) >= 11 is 8.97. The van der Waals surface area contributed by atoms with Gasteiger partial charge < -0.3 is 4.90 Å². The molecule has 1 aromatic carbocycles. The van der Waals surface area contributed by atoms with Crippen LogP contribution in [0.15, 0.2) is 39.9 Å². The second kappa shape index (κ2) is 9.74.